The summed E-state index contributed by atoms with van der Waals surface area (Å²) in [5.74, 6) is 1.36. The summed E-state index contributed by atoms with van der Waals surface area (Å²) in [6, 6.07) is 0. The van der Waals surface area contributed by atoms with Crippen molar-refractivity contribution in [3.05, 3.63) is 20.4 Å². The highest BCUT2D eigenvalue weighted by Crippen LogP contribution is 2.19. The minimum atomic E-state index is -0.401. The molecule has 55 heavy (non-hydrogen) atoms. The molecule has 8 nitrogen and oxygen atoms in total. The highest BCUT2D eigenvalue weighted by molar-refractivity contribution is 5.73. The Hall–Kier alpha value is -1.93. The topological polar surface area (TPSA) is 97.0 Å². The first-order chi connectivity index (χ1) is 26.9. The lowest BCUT2D eigenvalue weighted by atomic mass is 9.96. The van der Waals surface area contributed by atoms with E-state index in [9.17, 15) is 14.4 Å². The molecule has 0 aliphatic rings. The number of carbonyl (C=O) groups excluding carboxylic acids is 1. The second-order valence-corrected chi connectivity index (χ2v) is 16.2. The molecule has 0 spiro atoms. The average molecular weight is 778 g/mol. The SMILES string of the molecule is CCCCC(CCCC)COC=O.CCCCCCCCN(CCCCCCCCOCC(CCCCC)CCCCC)CCCNc1c(NC)c(=O)c1=O. The summed E-state index contributed by atoms with van der Waals surface area (Å²) in [5, 5.41) is 6.03. The predicted molar refractivity (Wildman–Crippen MR) is 239 cm³/mol. The molecule has 2 N–H and O–H groups in total. The summed E-state index contributed by atoms with van der Waals surface area (Å²) in [4.78, 5) is 36.0. The van der Waals surface area contributed by atoms with Gasteiger partial charge in [-0.2, -0.15) is 0 Å². The summed E-state index contributed by atoms with van der Waals surface area (Å²) >= 11 is 0. The highest BCUT2D eigenvalue weighted by atomic mass is 16.5. The lowest BCUT2D eigenvalue weighted by Crippen LogP contribution is -2.37. The van der Waals surface area contributed by atoms with Gasteiger partial charge in [-0.25, -0.2) is 0 Å². The maximum atomic E-state index is 11.8. The number of hydrogen-bond acceptors (Lipinski definition) is 8. The third-order valence-corrected chi connectivity index (χ3v) is 11.1. The largest absolute Gasteiger partial charge is 0.468 e. The van der Waals surface area contributed by atoms with Crippen LogP contribution in [0.5, 0.6) is 0 Å². The van der Waals surface area contributed by atoms with Crippen LogP contribution in [-0.4, -0.2) is 64.4 Å². The van der Waals surface area contributed by atoms with Crippen molar-refractivity contribution in [1.82, 2.24) is 4.90 Å². The molecule has 0 aromatic heterocycles. The van der Waals surface area contributed by atoms with Gasteiger partial charge in [0.15, 0.2) is 0 Å². The Morgan fingerprint density at radius 2 is 0.964 bits per heavy atom. The van der Waals surface area contributed by atoms with Crippen LogP contribution in [0.15, 0.2) is 9.59 Å². The fourth-order valence-corrected chi connectivity index (χ4v) is 7.41. The van der Waals surface area contributed by atoms with Gasteiger partial charge in [-0.05, 0) is 82.8 Å². The summed E-state index contributed by atoms with van der Waals surface area (Å²) in [7, 11) is 1.69. The third kappa shape index (κ3) is 29.9. The van der Waals surface area contributed by atoms with Gasteiger partial charge < -0.3 is 25.0 Å². The zero-order valence-corrected chi connectivity index (χ0v) is 37.3. The first kappa shape index (κ1) is 53.1. The van der Waals surface area contributed by atoms with Crippen LogP contribution in [-0.2, 0) is 14.3 Å². The molecule has 0 aliphatic heterocycles. The Morgan fingerprint density at radius 3 is 1.49 bits per heavy atom. The number of rotatable bonds is 41. The van der Waals surface area contributed by atoms with Crippen LogP contribution < -0.4 is 21.5 Å². The van der Waals surface area contributed by atoms with Gasteiger partial charge in [-0.1, -0.05) is 157 Å². The summed E-state index contributed by atoms with van der Waals surface area (Å²) in [6.45, 7) is 18.4. The molecular weight excluding hydrogens is 687 g/mol. The predicted octanol–water partition coefficient (Wildman–Crippen LogP) is 12.1. The normalized spacial score (nSPS) is 11.4. The maximum absolute atomic E-state index is 11.8. The summed E-state index contributed by atoms with van der Waals surface area (Å²) in [5.41, 5.74) is 0.115. The van der Waals surface area contributed by atoms with Crippen LogP contribution in [0.3, 0.4) is 0 Å². The zero-order valence-electron chi connectivity index (χ0n) is 37.3. The Bertz CT molecular complexity index is 1010. The van der Waals surface area contributed by atoms with Gasteiger partial charge in [0.2, 0.25) is 0 Å². The smallest absolute Gasteiger partial charge is 0.293 e. The van der Waals surface area contributed by atoms with E-state index in [-0.39, 0.29) is 5.43 Å². The molecule has 0 unspecified atom stereocenters. The van der Waals surface area contributed by atoms with Crippen LogP contribution in [0, 0.1) is 11.8 Å². The molecule has 0 radical (unpaired) electrons. The second kappa shape index (κ2) is 40.3. The first-order valence-corrected chi connectivity index (χ1v) is 23.5. The Kier molecular flexibility index (Phi) is 38.9. The van der Waals surface area contributed by atoms with E-state index in [2.05, 4.69) is 50.2 Å². The Balaban J connectivity index is 0.00000190. The van der Waals surface area contributed by atoms with Crippen LogP contribution in [0.2, 0.25) is 0 Å². The van der Waals surface area contributed by atoms with E-state index in [0.717, 1.165) is 45.2 Å². The lowest BCUT2D eigenvalue weighted by Gasteiger charge is -2.23. The minimum Gasteiger partial charge on any atom is -0.468 e. The van der Waals surface area contributed by atoms with E-state index in [0.29, 0.717) is 30.4 Å². The summed E-state index contributed by atoms with van der Waals surface area (Å²) in [6.07, 6.45) is 34.7. The number of anilines is 2. The highest BCUT2D eigenvalue weighted by Gasteiger charge is 2.19. The molecule has 324 valence electrons. The number of ether oxygens (including phenoxy) is 2. The van der Waals surface area contributed by atoms with E-state index in [1.165, 1.54) is 173 Å². The van der Waals surface area contributed by atoms with E-state index in [4.69, 9.17) is 9.47 Å². The van der Waals surface area contributed by atoms with E-state index < -0.39 is 5.43 Å². The van der Waals surface area contributed by atoms with Gasteiger partial charge >= 0.3 is 0 Å². The van der Waals surface area contributed by atoms with Crippen molar-refractivity contribution in [1.29, 1.82) is 0 Å². The number of unbranched alkanes of at least 4 members (excludes halogenated alkanes) is 16. The quantitative estimate of drug-likeness (QED) is 0.0385. The van der Waals surface area contributed by atoms with Crippen molar-refractivity contribution in [3.8, 4) is 0 Å². The molecule has 0 fully saturated rings. The standard InChI is InChI=1S/C36H69N3O3.C11H22O2/c1-5-8-11-12-15-20-27-39(29-23-26-38-34-33(37-4)35(40)36(34)41)28-21-16-13-14-17-22-30-42-31-32(24-18-9-6-2)25-19-10-7-3;1-3-5-7-11(8-6-4-2)9-13-10-12/h32,37-38H,5-31H2,1-4H3;10-11H,3-9H2,1-2H3. The van der Waals surface area contributed by atoms with Crippen molar-refractivity contribution < 1.29 is 14.3 Å². The minimum absolute atomic E-state index is 0.385. The molecular formula is C47H91N3O5. The molecule has 0 atom stereocenters. The molecule has 0 saturated carbocycles. The van der Waals surface area contributed by atoms with Crippen molar-refractivity contribution in [3.63, 3.8) is 0 Å². The van der Waals surface area contributed by atoms with Gasteiger partial charge in [0.25, 0.3) is 17.3 Å². The van der Waals surface area contributed by atoms with Crippen LogP contribution in [0.25, 0.3) is 0 Å². The van der Waals surface area contributed by atoms with E-state index >= 15 is 0 Å². The van der Waals surface area contributed by atoms with Gasteiger partial charge in [-0.3, -0.25) is 14.4 Å². The van der Waals surface area contributed by atoms with Crippen molar-refractivity contribution in [2.45, 2.75) is 208 Å². The zero-order chi connectivity index (χ0) is 40.6. The van der Waals surface area contributed by atoms with E-state index in [1.54, 1.807) is 7.05 Å². The number of hydrogen-bond donors (Lipinski definition) is 2. The fourth-order valence-electron chi connectivity index (χ4n) is 7.41. The Morgan fingerprint density at radius 1 is 0.527 bits per heavy atom. The van der Waals surface area contributed by atoms with Crippen LogP contribution in [0.1, 0.15) is 208 Å². The molecule has 1 aromatic rings. The molecule has 0 bridgehead atoms. The molecule has 1 rings (SSSR count). The lowest BCUT2D eigenvalue weighted by molar-refractivity contribution is -0.130. The molecule has 0 heterocycles. The van der Waals surface area contributed by atoms with E-state index in [1.807, 2.05) is 0 Å². The molecule has 0 saturated heterocycles. The van der Waals surface area contributed by atoms with Crippen molar-refractivity contribution in [2.75, 3.05) is 63.7 Å². The monoisotopic (exact) mass is 778 g/mol. The molecule has 0 aliphatic carbocycles. The van der Waals surface area contributed by atoms with Crippen molar-refractivity contribution in [2.24, 2.45) is 11.8 Å². The molecule has 0 amide bonds. The first-order valence-electron chi connectivity index (χ1n) is 23.5. The van der Waals surface area contributed by atoms with Crippen molar-refractivity contribution >= 4 is 17.8 Å². The van der Waals surface area contributed by atoms with Gasteiger partial charge in [0, 0.05) is 26.8 Å². The number of nitrogens with one attached hydrogen (secondary N) is 2. The number of carbonyl (C=O) groups is 1. The van der Waals surface area contributed by atoms with Crippen LogP contribution >= 0.6 is 0 Å². The van der Waals surface area contributed by atoms with Crippen LogP contribution in [0.4, 0.5) is 11.4 Å². The Labute approximate surface area is 340 Å². The summed E-state index contributed by atoms with van der Waals surface area (Å²) < 4.78 is 10.9. The maximum Gasteiger partial charge on any atom is 0.293 e. The molecule has 1 aromatic carbocycles. The van der Waals surface area contributed by atoms with Gasteiger partial charge in [0.05, 0.1) is 6.61 Å². The fraction of sp³-hybridized carbons (Fsp3) is 0.894. The molecule has 8 heteroatoms. The average Bonchev–Trinajstić information content (AvgIpc) is 3.20. The second-order valence-electron chi connectivity index (χ2n) is 16.2. The number of nitrogens with zero attached hydrogens (tertiary/aromatic N) is 1. The van der Waals surface area contributed by atoms with Gasteiger partial charge in [-0.15, -0.1) is 0 Å². The third-order valence-electron chi connectivity index (χ3n) is 11.1. The van der Waals surface area contributed by atoms with Gasteiger partial charge in [0.1, 0.15) is 11.4 Å².